The van der Waals surface area contributed by atoms with Crippen LogP contribution in [0.15, 0.2) is 17.4 Å². The molecule has 9 nitrogen and oxygen atoms in total. The highest BCUT2D eigenvalue weighted by molar-refractivity contribution is 5.67. The minimum atomic E-state index is -0.792. The Labute approximate surface area is 124 Å². The molecular formula is C13H16N4O5. The number of aliphatic hydroxyl groups is 1. The van der Waals surface area contributed by atoms with Crippen LogP contribution in [0.3, 0.4) is 0 Å². The molecular weight excluding hydrogens is 292 g/mol. The van der Waals surface area contributed by atoms with Gasteiger partial charge >= 0.3 is 0 Å². The summed E-state index contributed by atoms with van der Waals surface area (Å²) in [7, 11) is 0. The van der Waals surface area contributed by atoms with Gasteiger partial charge in [0.2, 0.25) is 0 Å². The molecule has 2 aliphatic rings. The first-order valence-electron chi connectivity index (χ1n) is 7.02. The Balaban J connectivity index is 1.77. The van der Waals surface area contributed by atoms with Gasteiger partial charge in [0.25, 0.3) is 5.56 Å². The summed E-state index contributed by atoms with van der Waals surface area (Å²) in [5.41, 5.74) is 0.338. The average Bonchev–Trinajstić information content (AvgIpc) is 3.12. The van der Waals surface area contributed by atoms with Gasteiger partial charge in [-0.2, -0.15) is 0 Å². The standard InChI is InChI=1S/C13H16N4O5/c1-13(2)21-8-6(3-18)20-12(9(8)22-13)17-5-16-10-7(11(17)19)14-4-15-10/h4-6,8-9,12,18H,3H2,1-2H3,(H,14,15)/t6-,8-,9-,12+/m1/s1. The zero-order chi connectivity index (χ0) is 15.5. The molecule has 0 unspecified atom stereocenters. The number of aromatic nitrogens is 4. The highest BCUT2D eigenvalue weighted by Crippen LogP contribution is 2.42. The van der Waals surface area contributed by atoms with Crippen LogP contribution >= 0.6 is 0 Å². The van der Waals surface area contributed by atoms with Crippen molar-refractivity contribution in [1.82, 2.24) is 19.5 Å². The molecule has 0 spiro atoms. The van der Waals surface area contributed by atoms with Gasteiger partial charge < -0.3 is 24.3 Å². The van der Waals surface area contributed by atoms with E-state index in [-0.39, 0.29) is 12.2 Å². The molecule has 0 saturated carbocycles. The van der Waals surface area contributed by atoms with Gasteiger partial charge in [0, 0.05) is 0 Å². The Morgan fingerprint density at radius 2 is 2.14 bits per heavy atom. The van der Waals surface area contributed by atoms with Gasteiger partial charge in [-0.25, -0.2) is 9.97 Å². The minimum Gasteiger partial charge on any atom is -0.394 e. The summed E-state index contributed by atoms with van der Waals surface area (Å²) >= 11 is 0. The van der Waals surface area contributed by atoms with Crippen LogP contribution in [0.2, 0.25) is 0 Å². The summed E-state index contributed by atoms with van der Waals surface area (Å²) in [5.74, 6) is -0.792. The molecule has 2 aromatic rings. The van der Waals surface area contributed by atoms with Gasteiger partial charge in [0.1, 0.15) is 24.6 Å². The van der Waals surface area contributed by atoms with Crippen molar-refractivity contribution in [3.63, 3.8) is 0 Å². The van der Waals surface area contributed by atoms with Crippen molar-refractivity contribution < 1.29 is 19.3 Å². The van der Waals surface area contributed by atoms with Crippen molar-refractivity contribution in [2.45, 2.75) is 44.2 Å². The van der Waals surface area contributed by atoms with Crippen molar-refractivity contribution in [3.8, 4) is 0 Å². The number of hydrogen-bond donors (Lipinski definition) is 2. The van der Waals surface area contributed by atoms with Crippen LogP contribution in [-0.2, 0) is 14.2 Å². The van der Waals surface area contributed by atoms with Crippen molar-refractivity contribution in [2.24, 2.45) is 0 Å². The summed E-state index contributed by atoms with van der Waals surface area (Å²) in [6, 6.07) is 0. The lowest BCUT2D eigenvalue weighted by molar-refractivity contribution is -0.200. The lowest BCUT2D eigenvalue weighted by atomic mass is 10.1. The second-order valence-electron chi connectivity index (χ2n) is 5.87. The first-order valence-corrected chi connectivity index (χ1v) is 7.02. The van der Waals surface area contributed by atoms with Gasteiger partial charge in [0.05, 0.1) is 12.9 Å². The average molecular weight is 308 g/mol. The van der Waals surface area contributed by atoms with Gasteiger partial charge in [-0.1, -0.05) is 0 Å². The van der Waals surface area contributed by atoms with Crippen molar-refractivity contribution in [2.75, 3.05) is 6.61 Å². The topological polar surface area (TPSA) is 111 Å². The third kappa shape index (κ3) is 1.90. The third-order valence-electron chi connectivity index (χ3n) is 3.95. The fourth-order valence-electron chi connectivity index (χ4n) is 3.05. The van der Waals surface area contributed by atoms with Crippen LogP contribution in [-0.4, -0.2) is 55.3 Å². The number of imidazole rings is 1. The van der Waals surface area contributed by atoms with E-state index < -0.39 is 30.3 Å². The summed E-state index contributed by atoms with van der Waals surface area (Å²) < 4.78 is 18.7. The summed E-state index contributed by atoms with van der Waals surface area (Å²) in [4.78, 5) is 23.4. The normalized spacial score (nSPS) is 33.4. The Kier molecular flexibility index (Phi) is 2.89. The highest BCUT2D eigenvalue weighted by Gasteiger charge is 2.55. The fraction of sp³-hybridized carbons (Fsp3) is 0.615. The van der Waals surface area contributed by atoms with Crippen LogP contribution < -0.4 is 5.56 Å². The number of aromatic amines is 1. The van der Waals surface area contributed by atoms with E-state index in [1.807, 2.05) is 0 Å². The second-order valence-corrected chi connectivity index (χ2v) is 5.87. The van der Waals surface area contributed by atoms with Crippen LogP contribution in [0.5, 0.6) is 0 Å². The molecule has 0 bridgehead atoms. The van der Waals surface area contributed by atoms with Crippen molar-refractivity contribution in [3.05, 3.63) is 23.0 Å². The Morgan fingerprint density at radius 3 is 2.91 bits per heavy atom. The Hall–Kier alpha value is -1.81. The number of hydrogen-bond acceptors (Lipinski definition) is 7. The molecule has 2 N–H and O–H groups in total. The van der Waals surface area contributed by atoms with Crippen LogP contribution in [0.4, 0.5) is 0 Å². The third-order valence-corrected chi connectivity index (χ3v) is 3.95. The SMILES string of the molecule is CC1(C)O[C@@H]2[C@H](O1)[C@@H](CO)O[C@@H]2n1cnc2nc[nH]c2c1=O. The zero-order valence-electron chi connectivity index (χ0n) is 12.1. The predicted octanol–water partition coefficient (Wildman–Crippen LogP) is -0.471. The maximum absolute atomic E-state index is 12.5. The predicted molar refractivity (Wildman–Crippen MR) is 73.0 cm³/mol. The fourth-order valence-corrected chi connectivity index (χ4v) is 3.05. The molecule has 9 heteroatoms. The Morgan fingerprint density at radius 1 is 1.36 bits per heavy atom. The number of rotatable bonds is 2. The molecule has 0 aromatic carbocycles. The number of aliphatic hydroxyl groups excluding tert-OH is 1. The molecule has 2 aromatic heterocycles. The summed E-state index contributed by atoms with van der Waals surface area (Å²) in [6.07, 6.45) is 0.595. The maximum Gasteiger partial charge on any atom is 0.281 e. The number of H-pyrrole nitrogens is 1. The minimum absolute atomic E-state index is 0.217. The smallest absolute Gasteiger partial charge is 0.281 e. The monoisotopic (exact) mass is 308 g/mol. The van der Waals surface area contributed by atoms with E-state index in [1.54, 1.807) is 13.8 Å². The zero-order valence-corrected chi connectivity index (χ0v) is 12.1. The Bertz CT molecular complexity index is 769. The first-order chi connectivity index (χ1) is 10.5. The van der Waals surface area contributed by atoms with E-state index >= 15 is 0 Å². The van der Waals surface area contributed by atoms with E-state index in [0.29, 0.717) is 11.2 Å². The number of nitrogens with one attached hydrogen (secondary N) is 1. The van der Waals surface area contributed by atoms with E-state index in [9.17, 15) is 9.90 Å². The van der Waals surface area contributed by atoms with Gasteiger partial charge in [0.15, 0.2) is 23.2 Å². The van der Waals surface area contributed by atoms with Crippen LogP contribution in [0, 0.1) is 0 Å². The molecule has 4 atom stereocenters. The summed E-state index contributed by atoms with van der Waals surface area (Å²) in [6.45, 7) is 3.36. The van der Waals surface area contributed by atoms with E-state index in [2.05, 4.69) is 15.0 Å². The lowest BCUT2D eigenvalue weighted by Crippen LogP contribution is -2.34. The van der Waals surface area contributed by atoms with Crippen LogP contribution in [0.1, 0.15) is 20.1 Å². The molecule has 2 fully saturated rings. The van der Waals surface area contributed by atoms with E-state index in [0.717, 1.165) is 0 Å². The molecule has 4 heterocycles. The van der Waals surface area contributed by atoms with Crippen LogP contribution in [0.25, 0.3) is 11.2 Å². The number of ether oxygens (including phenoxy) is 3. The quantitative estimate of drug-likeness (QED) is 0.771. The van der Waals surface area contributed by atoms with Gasteiger partial charge in [-0.15, -0.1) is 0 Å². The molecule has 118 valence electrons. The molecule has 2 aliphatic heterocycles. The van der Waals surface area contributed by atoms with Crippen molar-refractivity contribution in [1.29, 1.82) is 0 Å². The second kappa shape index (κ2) is 4.59. The van der Waals surface area contributed by atoms with E-state index in [1.165, 1.54) is 17.2 Å². The molecule has 0 aliphatic carbocycles. The number of fused-ring (bicyclic) bond motifs is 2. The number of nitrogens with zero attached hydrogens (tertiary/aromatic N) is 3. The largest absolute Gasteiger partial charge is 0.394 e. The molecule has 0 radical (unpaired) electrons. The molecule has 22 heavy (non-hydrogen) atoms. The summed E-state index contributed by atoms with van der Waals surface area (Å²) in [5, 5.41) is 9.48. The molecule has 4 rings (SSSR count). The highest BCUT2D eigenvalue weighted by atomic mass is 16.8. The lowest BCUT2D eigenvalue weighted by Gasteiger charge is -2.24. The van der Waals surface area contributed by atoms with Gasteiger partial charge in [-0.3, -0.25) is 9.36 Å². The molecule has 0 amide bonds. The van der Waals surface area contributed by atoms with E-state index in [4.69, 9.17) is 14.2 Å². The maximum atomic E-state index is 12.5. The van der Waals surface area contributed by atoms with Crippen molar-refractivity contribution >= 4 is 11.2 Å². The molecule has 2 saturated heterocycles. The first kappa shape index (κ1) is 13.8. The van der Waals surface area contributed by atoms with Gasteiger partial charge in [-0.05, 0) is 13.8 Å².